The Balaban J connectivity index is 1.61. The number of halogens is 1. The van der Waals surface area contributed by atoms with Gasteiger partial charge in [-0.3, -0.25) is 28.2 Å². The predicted octanol–water partition coefficient (Wildman–Crippen LogP) is 2.86. The number of aromatic amines is 1. The number of esters is 1. The van der Waals surface area contributed by atoms with E-state index < -0.39 is 68.1 Å². The van der Waals surface area contributed by atoms with Gasteiger partial charge in [0.2, 0.25) is 0 Å². The first-order valence-corrected chi connectivity index (χ1v) is 14.3. The van der Waals surface area contributed by atoms with Crippen LogP contribution in [0.15, 0.2) is 52.2 Å². The van der Waals surface area contributed by atoms with Crippen molar-refractivity contribution in [1.82, 2.24) is 9.55 Å². The first-order valence-electron chi connectivity index (χ1n) is 12.8. The highest BCUT2D eigenvalue weighted by molar-refractivity contribution is 7.49. The number of hydrogen-bond donors (Lipinski definition) is 1. The third-order valence-electron chi connectivity index (χ3n) is 6.31. The number of phosphoric ester groups is 1. The van der Waals surface area contributed by atoms with Crippen LogP contribution in [0.25, 0.3) is 0 Å². The summed E-state index contributed by atoms with van der Waals surface area (Å²) in [5.41, 5.74) is -4.10. The van der Waals surface area contributed by atoms with Crippen LogP contribution in [0.1, 0.15) is 39.8 Å². The lowest BCUT2D eigenvalue weighted by atomic mass is 9.98. The zero-order valence-electron chi connectivity index (χ0n) is 22.2. The zero-order chi connectivity index (χ0) is 28.9. The lowest BCUT2D eigenvalue weighted by Crippen LogP contribution is -2.46. The molecule has 2 aliphatic rings. The molecule has 0 saturated carbocycles. The van der Waals surface area contributed by atoms with Crippen LogP contribution in [0.5, 0.6) is 5.75 Å². The van der Waals surface area contributed by atoms with Gasteiger partial charge >= 0.3 is 19.5 Å². The lowest BCUT2D eigenvalue weighted by molar-refractivity contribution is -0.158. The molecule has 0 bridgehead atoms. The standard InChI is InChI=1S/C25H32FN2O11P/c1-4-17(22-33-13-14-34-22)39-40(32,38-16-9-7-6-8-10-16)35-15-18-21(37-20(30)5-2)25(3,26)23(36-18)28-12-11-19(29)27-24(28)31/h6-12,17-18,21-23H,4-5,13-15H2,1-3H3,(H,27,29,31)/t17-,18-,21-,23-,25-,40?/m1/s1. The number of alkyl halides is 1. The molecule has 6 atom stereocenters. The van der Waals surface area contributed by atoms with Crippen molar-refractivity contribution in [2.24, 2.45) is 0 Å². The molecule has 13 nitrogen and oxygen atoms in total. The van der Waals surface area contributed by atoms with Crippen molar-refractivity contribution in [1.29, 1.82) is 0 Å². The number of nitrogens with zero attached hydrogens (tertiary/aromatic N) is 1. The molecule has 0 radical (unpaired) electrons. The molecule has 15 heteroatoms. The normalized spacial score (nSPS) is 27.2. The monoisotopic (exact) mass is 586 g/mol. The fraction of sp³-hybridized carbons (Fsp3) is 0.560. The Hall–Kier alpha value is -2.87. The van der Waals surface area contributed by atoms with E-state index in [-0.39, 0.29) is 12.2 Å². The van der Waals surface area contributed by atoms with Crippen LogP contribution in [0.4, 0.5) is 4.39 Å². The van der Waals surface area contributed by atoms with Crippen LogP contribution in [0, 0.1) is 0 Å². The Labute approximate surface area is 229 Å². The summed E-state index contributed by atoms with van der Waals surface area (Å²) in [5.74, 6) is -0.568. The van der Waals surface area contributed by atoms with Gasteiger partial charge in [-0.2, -0.15) is 0 Å². The summed E-state index contributed by atoms with van der Waals surface area (Å²) in [5, 5.41) is 0. The fourth-order valence-corrected chi connectivity index (χ4v) is 5.74. The van der Waals surface area contributed by atoms with E-state index in [1.807, 2.05) is 4.98 Å². The van der Waals surface area contributed by atoms with Crippen LogP contribution in [0.3, 0.4) is 0 Å². The molecule has 0 aliphatic carbocycles. The summed E-state index contributed by atoms with van der Waals surface area (Å²) in [6.45, 7) is 4.41. The second-order valence-electron chi connectivity index (χ2n) is 9.27. The highest BCUT2D eigenvalue weighted by atomic mass is 31.2. The summed E-state index contributed by atoms with van der Waals surface area (Å²) in [6.07, 6.45) is -4.90. The van der Waals surface area contributed by atoms with Crippen molar-refractivity contribution >= 4 is 13.8 Å². The molecule has 2 saturated heterocycles. The maximum Gasteiger partial charge on any atom is 0.530 e. The minimum atomic E-state index is -4.46. The average Bonchev–Trinajstić information content (AvgIpc) is 3.54. The number of hydrogen-bond acceptors (Lipinski definition) is 11. The number of rotatable bonds is 12. The summed E-state index contributed by atoms with van der Waals surface area (Å²) in [7, 11) is -4.46. The minimum Gasteiger partial charge on any atom is -0.456 e. The quantitative estimate of drug-likeness (QED) is 0.289. The molecule has 1 N–H and O–H groups in total. The SMILES string of the molecule is CCC(=O)O[C@@H]1[C@@H](COP(=O)(Oc2ccccc2)O[C@H](CC)C2OCCO2)O[C@@H](n2ccc(=O)[nH]c2=O)[C@]1(C)F. The highest BCUT2D eigenvalue weighted by Gasteiger charge is 2.58. The Kier molecular flexibility index (Phi) is 9.60. The van der Waals surface area contributed by atoms with Crippen molar-refractivity contribution in [2.75, 3.05) is 19.8 Å². The van der Waals surface area contributed by atoms with E-state index in [0.717, 1.165) is 23.8 Å². The minimum absolute atomic E-state index is 0.0677. The van der Waals surface area contributed by atoms with E-state index in [1.165, 1.54) is 19.1 Å². The molecule has 1 aromatic carbocycles. The van der Waals surface area contributed by atoms with Gasteiger partial charge in [0.25, 0.3) is 5.56 Å². The first kappa shape index (κ1) is 30.1. The topological polar surface area (TPSA) is 154 Å². The van der Waals surface area contributed by atoms with Crippen molar-refractivity contribution in [3.8, 4) is 5.75 Å². The Morgan fingerprint density at radius 2 is 1.90 bits per heavy atom. The molecule has 2 aromatic rings. The van der Waals surface area contributed by atoms with Gasteiger partial charge in [0, 0.05) is 18.7 Å². The Morgan fingerprint density at radius 3 is 2.52 bits per heavy atom. The van der Waals surface area contributed by atoms with E-state index in [4.69, 9.17) is 32.5 Å². The molecular weight excluding hydrogens is 554 g/mol. The number of benzene rings is 1. The van der Waals surface area contributed by atoms with Gasteiger partial charge in [0.05, 0.1) is 19.8 Å². The largest absolute Gasteiger partial charge is 0.530 e. The zero-order valence-corrected chi connectivity index (χ0v) is 23.1. The number of carbonyl (C=O) groups excluding carboxylic acids is 1. The third-order valence-corrected chi connectivity index (χ3v) is 7.74. The second-order valence-corrected chi connectivity index (χ2v) is 10.8. The smallest absolute Gasteiger partial charge is 0.456 e. The molecule has 3 heterocycles. The molecule has 1 unspecified atom stereocenters. The van der Waals surface area contributed by atoms with Gasteiger partial charge < -0.3 is 23.5 Å². The summed E-state index contributed by atoms with van der Waals surface area (Å²) >= 11 is 0. The van der Waals surface area contributed by atoms with Crippen molar-refractivity contribution in [3.63, 3.8) is 0 Å². The van der Waals surface area contributed by atoms with E-state index in [2.05, 4.69) is 0 Å². The Bertz CT molecular complexity index is 1310. The van der Waals surface area contributed by atoms with E-state index in [0.29, 0.717) is 19.6 Å². The van der Waals surface area contributed by atoms with Gasteiger partial charge in [0.1, 0.15) is 18.0 Å². The van der Waals surface area contributed by atoms with E-state index in [9.17, 15) is 18.9 Å². The molecule has 4 rings (SSSR count). The summed E-state index contributed by atoms with van der Waals surface area (Å²) < 4.78 is 70.2. The van der Waals surface area contributed by atoms with Gasteiger partial charge in [-0.25, -0.2) is 13.8 Å². The van der Waals surface area contributed by atoms with Crippen LogP contribution >= 0.6 is 7.82 Å². The maximum absolute atomic E-state index is 16.2. The second kappa shape index (κ2) is 12.8. The molecule has 2 fully saturated rings. The third kappa shape index (κ3) is 6.88. The van der Waals surface area contributed by atoms with Gasteiger partial charge in [0.15, 0.2) is 24.3 Å². The van der Waals surface area contributed by atoms with Crippen molar-refractivity contribution in [3.05, 3.63) is 63.4 Å². The number of phosphoric acid groups is 1. The molecular formula is C25H32FN2O11P. The number of nitrogens with one attached hydrogen (secondary N) is 1. The first-order chi connectivity index (χ1) is 19.1. The van der Waals surface area contributed by atoms with E-state index in [1.54, 1.807) is 25.1 Å². The van der Waals surface area contributed by atoms with Gasteiger partial charge in [-0.1, -0.05) is 32.0 Å². The van der Waals surface area contributed by atoms with Crippen molar-refractivity contribution < 1.29 is 46.3 Å². The summed E-state index contributed by atoms with van der Waals surface area (Å²) in [4.78, 5) is 38.2. The molecule has 0 amide bonds. The number of H-pyrrole nitrogens is 1. The molecule has 1 aromatic heterocycles. The lowest BCUT2D eigenvalue weighted by Gasteiger charge is -2.28. The average molecular weight is 587 g/mol. The van der Waals surface area contributed by atoms with Crippen LogP contribution in [-0.2, 0) is 37.4 Å². The fourth-order valence-electron chi connectivity index (χ4n) is 4.29. The van der Waals surface area contributed by atoms with Gasteiger partial charge in [-0.05, 0) is 25.5 Å². The highest BCUT2D eigenvalue weighted by Crippen LogP contribution is 2.53. The van der Waals surface area contributed by atoms with Gasteiger partial charge in [-0.15, -0.1) is 0 Å². The molecule has 220 valence electrons. The number of ether oxygens (including phenoxy) is 4. The van der Waals surface area contributed by atoms with Crippen molar-refractivity contribution in [2.45, 2.75) is 70.1 Å². The molecule has 40 heavy (non-hydrogen) atoms. The summed E-state index contributed by atoms with van der Waals surface area (Å²) in [6, 6.07) is 9.14. The Morgan fingerprint density at radius 1 is 1.20 bits per heavy atom. The predicted molar refractivity (Wildman–Crippen MR) is 136 cm³/mol. The number of para-hydroxylation sites is 1. The maximum atomic E-state index is 16.2. The van der Waals surface area contributed by atoms with Crippen LogP contribution < -0.4 is 15.8 Å². The van der Waals surface area contributed by atoms with Crippen LogP contribution in [0.2, 0.25) is 0 Å². The van der Waals surface area contributed by atoms with E-state index >= 15 is 4.39 Å². The number of carbonyl (C=O) groups is 1. The van der Waals surface area contributed by atoms with Crippen LogP contribution in [-0.4, -0.2) is 65.6 Å². The molecule has 2 aliphatic heterocycles. The number of aromatic nitrogens is 2. The molecule has 0 spiro atoms.